The van der Waals surface area contributed by atoms with E-state index in [-0.39, 0.29) is 17.1 Å². The summed E-state index contributed by atoms with van der Waals surface area (Å²) in [6.07, 6.45) is 4.90. The normalized spacial score (nSPS) is 11.2. The lowest BCUT2D eigenvalue weighted by molar-refractivity contribution is 0.560. The molecule has 0 aliphatic heterocycles. The van der Waals surface area contributed by atoms with E-state index in [1.165, 1.54) is 18.3 Å². The molecule has 0 unspecified atom stereocenters. The lowest BCUT2D eigenvalue weighted by atomic mass is 10.4. The molecule has 2 rings (SSSR count). The van der Waals surface area contributed by atoms with E-state index in [0.29, 0.717) is 6.54 Å². The second-order valence-electron chi connectivity index (χ2n) is 4.14. The quantitative estimate of drug-likeness (QED) is 0.861. The molecule has 0 spiro atoms. The first-order chi connectivity index (χ1) is 9.53. The van der Waals surface area contributed by atoms with E-state index < -0.39 is 10.0 Å². The Bertz CT molecular complexity index is 745. The summed E-state index contributed by atoms with van der Waals surface area (Å²) in [7, 11) is -3.74. The summed E-state index contributed by atoms with van der Waals surface area (Å²) in [6, 6.07) is 4.60. The van der Waals surface area contributed by atoms with Gasteiger partial charge in [-0.05, 0) is 24.6 Å². The Balaban J connectivity index is 2.06. The summed E-state index contributed by atoms with van der Waals surface area (Å²) in [4.78, 5) is 3.62. The summed E-state index contributed by atoms with van der Waals surface area (Å²) in [5.74, 6) is 0. The largest absolute Gasteiger partial charge is 0.271 e. The van der Waals surface area contributed by atoms with Crippen LogP contribution in [0, 0.1) is 18.3 Å². The Labute approximate surface area is 116 Å². The van der Waals surface area contributed by atoms with E-state index in [2.05, 4.69) is 14.8 Å². The molecular weight excluding hydrogens is 278 g/mol. The van der Waals surface area contributed by atoms with Gasteiger partial charge in [-0.15, -0.1) is 0 Å². The van der Waals surface area contributed by atoms with E-state index in [1.54, 1.807) is 16.9 Å². The van der Waals surface area contributed by atoms with Crippen LogP contribution >= 0.6 is 0 Å². The molecule has 0 amide bonds. The minimum atomic E-state index is -3.74. The van der Waals surface area contributed by atoms with Crippen LogP contribution in [0.1, 0.15) is 11.3 Å². The number of pyridine rings is 1. The fraction of sp³-hybridized carbons (Fsp3) is 0.250. The van der Waals surface area contributed by atoms with Gasteiger partial charge in [0, 0.05) is 18.9 Å². The molecule has 0 aromatic carbocycles. The van der Waals surface area contributed by atoms with Crippen LogP contribution in [0.15, 0.2) is 35.6 Å². The lowest BCUT2D eigenvalue weighted by Crippen LogP contribution is -2.28. The van der Waals surface area contributed by atoms with Crippen LogP contribution in [0.4, 0.5) is 0 Å². The molecule has 0 fully saturated rings. The van der Waals surface area contributed by atoms with Crippen molar-refractivity contribution in [3.8, 4) is 6.07 Å². The number of nitrogens with zero attached hydrogens (tertiary/aromatic N) is 4. The Kier molecular flexibility index (Phi) is 4.12. The zero-order valence-corrected chi connectivity index (χ0v) is 11.6. The predicted molar refractivity (Wildman–Crippen MR) is 71.1 cm³/mol. The molecule has 0 saturated carbocycles. The summed E-state index contributed by atoms with van der Waals surface area (Å²) in [6.45, 7) is 2.50. The third-order valence-electron chi connectivity index (χ3n) is 2.56. The highest BCUT2D eigenvalue weighted by Gasteiger charge is 2.18. The van der Waals surface area contributed by atoms with Crippen molar-refractivity contribution in [2.45, 2.75) is 18.4 Å². The van der Waals surface area contributed by atoms with E-state index in [4.69, 9.17) is 5.26 Å². The zero-order chi connectivity index (χ0) is 14.6. The topological polar surface area (TPSA) is 101 Å². The summed E-state index contributed by atoms with van der Waals surface area (Å²) in [5, 5.41) is 12.9. The highest BCUT2D eigenvalue weighted by molar-refractivity contribution is 7.89. The third kappa shape index (κ3) is 3.20. The van der Waals surface area contributed by atoms with E-state index >= 15 is 0 Å². The zero-order valence-electron chi connectivity index (χ0n) is 10.8. The molecule has 2 aromatic heterocycles. The smallest absolute Gasteiger partial charge is 0.243 e. The highest BCUT2D eigenvalue weighted by Crippen LogP contribution is 2.11. The molecule has 20 heavy (non-hydrogen) atoms. The van der Waals surface area contributed by atoms with Gasteiger partial charge in [-0.1, -0.05) is 0 Å². The molecule has 1 N–H and O–H groups in total. The van der Waals surface area contributed by atoms with Crippen molar-refractivity contribution < 1.29 is 8.42 Å². The second kappa shape index (κ2) is 5.81. The van der Waals surface area contributed by atoms with Crippen LogP contribution in [0.25, 0.3) is 0 Å². The van der Waals surface area contributed by atoms with Crippen LogP contribution in [0.5, 0.6) is 0 Å². The van der Waals surface area contributed by atoms with Gasteiger partial charge in [-0.2, -0.15) is 10.4 Å². The summed E-state index contributed by atoms with van der Waals surface area (Å²) in [5.41, 5.74) is 0.891. The number of aryl methyl sites for hydroxylation is 1. The number of hydrogen-bond donors (Lipinski definition) is 1. The maximum atomic E-state index is 12.1. The summed E-state index contributed by atoms with van der Waals surface area (Å²) >= 11 is 0. The summed E-state index contributed by atoms with van der Waals surface area (Å²) < 4.78 is 28.2. The molecular formula is C12H13N5O2S. The molecule has 104 valence electrons. The number of hydrogen-bond acceptors (Lipinski definition) is 5. The first-order valence-corrected chi connectivity index (χ1v) is 7.35. The Hall–Kier alpha value is -2.24. The average Bonchev–Trinajstić information content (AvgIpc) is 2.84. The van der Waals surface area contributed by atoms with Crippen molar-refractivity contribution in [1.29, 1.82) is 5.26 Å². The second-order valence-corrected chi connectivity index (χ2v) is 5.88. The Morgan fingerprint density at radius 2 is 2.30 bits per heavy atom. The van der Waals surface area contributed by atoms with Crippen LogP contribution in [-0.2, 0) is 16.6 Å². The fourth-order valence-corrected chi connectivity index (χ4v) is 2.78. The standard InChI is InChI=1S/C12H13N5O2S/c1-10-8-15-17(9-10)6-5-16-20(18,19)12-3-2-4-14-11(12)7-13/h2-4,8-9,16H,5-6H2,1H3. The monoisotopic (exact) mass is 291 g/mol. The van der Waals surface area contributed by atoms with Gasteiger partial charge in [0.25, 0.3) is 0 Å². The van der Waals surface area contributed by atoms with Crippen LogP contribution in [0.2, 0.25) is 0 Å². The minimum absolute atomic E-state index is 0.112. The maximum absolute atomic E-state index is 12.1. The molecule has 0 saturated heterocycles. The van der Waals surface area contributed by atoms with Gasteiger partial charge in [-0.3, -0.25) is 4.68 Å². The predicted octanol–water partition coefficient (Wildman–Crippen LogP) is 0.437. The third-order valence-corrected chi connectivity index (χ3v) is 4.05. The van der Waals surface area contributed by atoms with E-state index in [9.17, 15) is 8.42 Å². The van der Waals surface area contributed by atoms with Crippen molar-refractivity contribution in [1.82, 2.24) is 19.5 Å². The minimum Gasteiger partial charge on any atom is -0.271 e. The number of nitrogens with one attached hydrogen (secondary N) is 1. The molecule has 0 radical (unpaired) electrons. The molecule has 0 aliphatic rings. The van der Waals surface area contributed by atoms with Crippen LogP contribution in [0.3, 0.4) is 0 Å². The van der Waals surface area contributed by atoms with Crippen molar-refractivity contribution >= 4 is 10.0 Å². The molecule has 0 atom stereocenters. The molecule has 8 heteroatoms. The molecule has 0 bridgehead atoms. The van der Waals surface area contributed by atoms with Crippen LogP contribution < -0.4 is 4.72 Å². The van der Waals surface area contributed by atoms with Crippen molar-refractivity contribution in [2.24, 2.45) is 0 Å². The Morgan fingerprint density at radius 3 is 2.95 bits per heavy atom. The van der Waals surface area contributed by atoms with Crippen molar-refractivity contribution in [2.75, 3.05) is 6.54 Å². The fourth-order valence-electron chi connectivity index (χ4n) is 1.65. The van der Waals surface area contributed by atoms with Crippen molar-refractivity contribution in [3.05, 3.63) is 42.0 Å². The van der Waals surface area contributed by atoms with E-state index in [1.807, 2.05) is 13.1 Å². The average molecular weight is 291 g/mol. The van der Waals surface area contributed by atoms with Gasteiger partial charge >= 0.3 is 0 Å². The van der Waals surface area contributed by atoms with Gasteiger partial charge in [0.05, 0.1) is 12.7 Å². The van der Waals surface area contributed by atoms with Crippen molar-refractivity contribution in [3.63, 3.8) is 0 Å². The van der Waals surface area contributed by atoms with Gasteiger partial charge in [0.1, 0.15) is 11.0 Å². The molecule has 7 nitrogen and oxygen atoms in total. The van der Waals surface area contributed by atoms with Gasteiger partial charge in [0.2, 0.25) is 10.0 Å². The number of rotatable bonds is 5. The first-order valence-electron chi connectivity index (χ1n) is 5.87. The van der Waals surface area contributed by atoms with Gasteiger partial charge in [0.15, 0.2) is 5.69 Å². The number of nitriles is 1. The number of sulfonamides is 1. The van der Waals surface area contributed by atoms with Crippen LogP contribution in [-0.4, -0.2) is 29.7 Å². The maximum Gasteiger partial charge on any atom is 0.243 e. The molecule has 0 aliphatic carbocycles. The first kappa shape index (κ1) is 14.2. The van der Waals surface area contributed by atoms with Gasteiger partial charge < -0.3 is 0 Å². The lowest BCUT2D eigenvalue weighted by Gasteiger charge is -2.07. The Morgan fingerprint density at radius 1 is 1.50 bits per heavy atom. The van der Waals surface area contributed by atoms with E-state index in [0.717, 1.165) is 5.56 Å². The molecule has 2 aromatic rings. The van der Waals surface area contributed by atoms with Gasteiger partial charge in [-0.25, -0.2) is 18.1 Å². The molecule has 2 heterocycles. The number of aromatic nitrogens is 3. The SMILES string of the molecule is Cc1cnn(CCNS(=O)(=O)c2cccnc2C#N)c1. The highest BCUT2D eigenvalue weighted by atomic mass is 32.2.